The van der Waals surface area contributed by atoms with Crippen molar-refractivity contribution in [2.24, 2.45) is 5.92 Å². The quantitative estimate of drug-likeness (QED) is 0.566. The van der Waals surface area contributed by atoms with Crippen molar-refractivity contribution in [1.29, 1.82) is 0 Å². The van der Waals surface area contributed by atoms with Gasteiger partial charge in [-0.1, -0.05) is 64.7 Å². The number of hydrogen-bond acceptors (Lipinski definition) is 1. The maximum atomic E-state index is 9.99. The van der Waals surface area contributed by atoms with Crippen molar-refractivity contribution in [3.63, 3.8) is 0 Å². The van der Waals surface area contributed by atoms with Gasteiger partial charge in [0.25, 0.3) is 0 Å². The molecule has 0 aliphatic heterocycles. The maximum Gasteiger partial charge on any atom is 0.0568 e. The average Bonchev–Trinajstić information content (AvgIpc) is 2.81. The van der Waals surface area contributed by atoms with Crippen molar-refractivity contribution in [3.8, 4) is 0 Å². The lowest BCUT2D eigenvalue weighted by molar-refractivity contribution is 0.0989. The van der Waals surface area contributed by atoms with Crippen molar-refractivity contribution in [2.45, 2.75) is 90.1 Å². The zero-order valence-electron chi connectivity index (χ0n) is 11.1. The fourth-order valence-corrected chi connectivity index (χ4v) is 2.89. The molecule has 96 valence electrons. The molecule has 0 bridgehead atoms. The Morgan fingerprint density at radius 2 is 1.50 bits per heavy atom. The highest BCUT2D eigenvalue weighted by Crippen LogP contribution is 2.29. The Morgan fingerprint density at radius 3 is 2.12 bits per heavy atom. The summed E-state index contributed by atoms with van der Waals surface area (Å²) in [6.07, 6.45) is 15.8. The second kappa shape index (κ2) is 9.04. The number of hydrogen-bond donors (Lipinski definition) is 1. The van der Waals surface area contributed by atoms with Crippen molar-refractivity contribution in [2.75, 3.05) is 0 Å². The highest BCUT2D eigenvalue weighted by Gasteiger charge is 2.22. The monoisotopic (exact) mass is 226 g/mol. The van der Waals surface area contributed by atoms with Gasteiger partial charge in [0, 0.05) is 0 Å². The third-order valence-electron chi connectivity index (χ3n) is 4.05. The molecule has 0 amide bonds. The fraction of sp³-hybridized carbons (Fsp3) is 1.00. The summed E-state index contributed by atoms with van der Waals surface area (Å²) in [6.45, 7) is 2.26. The van der Waals surface area contributed by atoms with Crippen molar-refractivity contribution in [3.05, 3.63) is 0 Å². The molecule has 0 aromatic heterocycles. The second-order valence-corrected chi connectivity index (χ2v) is 5.52. The van der Waals surface area contributed by atoms with Gasteiger partial charge in [0.1, 0.15) is 0 Å². The van der Waals surface area contributed by atoms with E-state index in [0.717, 1.165) is 6.42 Å². The summed E-state index contributed by atoms with van der Waals surface area (Å²) in [5, 5.41) is 9.99. The highest BCUT2D eigenvalue weighted by atomic mass is 16.3. The molecule has 1 atom stereocenters. The molecule has 0 aromatic carbocycles. The van der Waals surface area contributed by atoms with Gasteiger partial charge in [0.15, 0.2) is 0 Å². The molecule has 1 saturated carbocycles. The van der Waals surface area contributed by atoms with E-state index in [1.54, 1.807) is 0 Å². The van der Waals surface area contributed by atoms with E-state index in [9.17, 15) is 5.11 Å². The third-order valence-corrected chi connectivity index (χ3v) is 4.05. The topological polar surface area (TPSA) is 20.2 Å². The van der Waals surface area contributed by atoms with E-state index in [1.807, 2.05) is 0 Å². The van der Waals surface area contributed by atoms with Gasteiger partial charge in [-0.05, 0) is 25.2 Å². The predicted molar refractivity (Wildman–Crippen MR) is 70.6 cm³/mol. The Morgan fingerprint density at radius 1 is 0.938 bits per heavy atom. The van der Waals surface area contributed by atoms with Crippen LogP contribution in [-0.4, -0.2) is 11.2 Å². The Kier molecular flexibility index (Phi) is 7.92. The first-order valence-corrected chi connectivity index (χ1v) is 7.52. The van der Waals surface area contributed by atoms with E-state index >= 15 is 0 Å². The van der Waals surface area contributed by atoms with E-state index < -0.39 is 0 Å². The molecule has 1 heteroatoms. The number of aliphatic hydroxyl groups is 1. The van der Waals surface area contributed by atoms with E-state index in [0.29, 0.717) is 5.92 Å². The minimum Gasteiger partial charge on any atom is -0.393 e. The van der Waals surface area contributed by atoms with Gasteiger partial charge < -0.3 is 5.11 Å². The van der Waals surface area contributed by atoms with E-state index in [1.165, 1.54) is 70.6 Å². The minimum absolute atomic E-state index is 0.0122. The molecule has 1 unspecified atom stereocenters. The Balaban J connectivity index is 1.86. The first kappa shape index (κ1) is 14.0. The summed E-state index contributed by atoms with van der Waals surface area (Å²) in [6, 6.07) is 0. The molecular weight excluding hydrogens is 196 g/mol. The van der Waals surface area contributed by atoms with Gasteiger partial charge in [-0.2, -0.15) is 0 Å². The number of aliphatic hydroxyl groups excluding tert-OH is 1. The van der Waals surface area contributed by atoms with Crippen LogP contribution >= 0.6 is 0 Å². The Labute approximate surface area is 102 Å². The van der Waals surface area contributed by atoms with Gasteiger partial charge in [-0.15, -0.1) is 0 Å². The molecule has 0 radical (unpaired) electrons. The summed E-state index contributed by atoms with van der Waals surface area (Å²) >= 11 is 0. The van der Waals surface area contributed by atoms with Gasteiger partial charge in [0.2, 0.25) is 0 Å². The molecule has 0 spiro atoms. The van der Waals surface area contributed by atoms with Gasteiger partial charge in [-0.3, -0.25) is 0 Å². The molecule has 1 nitrogen and oxygen atoms in total. The van der Waals surface area contributed by atoms with Crippen LogP contribution in [0.5, 0.6) is 0 Å². The standard InChI is InChI=1S/C15H30O/c1-2-3-4-5-6-7-8-13-15(16)14-11-9-10-12-14/h14-16H,2-13H2,1H3. The summed E-state index contributed by atoms with van der Waals surface area (Å²) in [4.78, 5) is 0. The zero-order valence-corrected chi connectivity index (χ0v) is 11.1. The molecule has 1 N–H and O–H groups in total. The molecule has 0 saturated heterocycles. The van der Waals surface area contributed by atoms with Crippen LogP contribution in [0.15, 0.2) is 0 Å². The average molecular weight is 226 g/mol. The van der Waals surface area contributed by atoms with Crippen LogP contribution in [0.2, 0.25) is 0 Å². The summed E-state index contributed by atoms with van der Waals surface area (Å²) in [5.74, 6) is 0.639. The first-order chi connectivity index (χ1) is 7.84. The third kappa shape index (κ3) is 5.89. The minimum atomic E-state index is 0.0122. The molecular formula is C15H30O. The predicted octanol–water partition coefficient (Wildman–Crippen LogP) is 4.68. The summed E-state index contributed by atoms with van der Waals surface area (Å²) in [5.41, 5.74) is 0. The van der Waals surface area contributed by atoms with Crippen molar-refractivity contribution < 1.29 is 5.11 Å². The largest absolute Gasteiger partial charge is 0.393 e. The maximum absolute atomic E-state index is 9.99. The van der Waals surface area contributed by atoms with Crippen LogP contribution in [-0.2, 0) is 0 Å². The van der Waals surface area contributed by atoms with Crippen LogP contribution in [0.1, 0.15) is 84.0 Å². The van der Waals surface area contributed by atoms with Crippen molar-refractivity contribution in [1.82, 2.24) is 0 Å². The van der Waals surface area contributed by atoms with Gasteiger partial charge in [0.05, 0.1) is 6.10 Å². The Bertz CT molecular complexity index is 150. The lowest BCUT2D eigenvalue weighted by Gasteiger charge is -2.17. The number of rotatable bonds is 9. The normalized spacial score (nSPS) is 19.1. The van der Waals surface area contributed by atoms with Crippen molar-refractivity contribution >= 4 is 0 Å². The van der Waals surface area contributed by atoms with E-state index in [2.05, 4.69) is 6.92 Å². The van der Waals surface area contributed by atoms with Crippen LogP contribution in [0.25, 0.3) is 0 Å². The van der Waals surface area contributed by atoms with Gasteiger partial charge in [-0.25, -0.2) is 0 Å². The van der Waals surface area contributed by atoms with Crippen LogP contribution < -0.4 is 0 Å². The molecule has 16 heavy (non-hydrogen) atoms. The van der Waals surface area contributed by atoms with E-state index in [-0.39, 0.29) is 6.10 Å². The summed E-state index contributed by atoms with van der Waals surface area (Å²) < 4.78 is 0. The molecule has 1 fully saturated rings. The molecule has 1 aliphatic rings. The van der Waals surface area contributed by atoms with Crippen LogP contribution in [0.4, 0.5) is 0 Å². The SMILES string of the molecule is CCCCCCCCCC(O)C1CCCC1. The fourth-order valence-electron chi connectivity index (χ4n) is 2.89. The lowest BCUT2D eigenvalue weighted by Crippen LogP contribution is -2.17. The molecule has 0 aromatic rings. The molecule has 1 rings (SSSR count). The Hall–Kier alpha value is -0.0400. The first-order valence-electron chi connectivity index (χ1n) is 7.52. The lowest BCUT2D eigenvalue weighted by atomic mass is 9.95. The number of unbranched alkanes of at least 4 members (excludes halogenated alkanes) is 6. The molecule has 0 heterocycles. The van der Waals surface area contributed by atoms with Crippen LogP contribution in [0, 0.1) is 5.92 Å². The second-order valence-electron chi connectivity index (χ2n) is 5.52. The smallest absolute Gasteiger partial charge is 0.0568 e. The molecule has 1 aliphatic carbocycles. The van der Waals surface area contributed by atoms with Crippen LogP contribution in [0.3, 0.4) is 0 Å². The summed E-state index contributed by atoms with van der Waals surface area (Å²) in [7, 11) is 0. The van der Waals surface area contributed by atoms with Gasteiger partial charge >= 0.3 is 0 Å². The zero-order chi connectivity index (χ0) is 11.6. The highest BCUT2D eigenvalue weighted by molar-refractivity contribution is 4.74. The van der Waals surface area contributed by atoms with E-state index in [4.69, 9.17) is 0 Å².